The molecule has 1 aliphatic carbocycles. The molecule has 1 atom stereocenters. The van der Waals surface area contributed by atoms with Gasteiger partial charge in [-0.1, -0.05) is 11.6 Å². The Bertz CT molecular complexity index is 1170. The number of fused-ring (bicyclic) bond motifs is 3. The van der Waals surface area contributed by atoms with E-state index in [1.807, 2.05) is 12.3 Å². The van der Waals surface area contributed by atoms with Crippen molar-refractivity contribution in [2.24, 2.45) is 0 Å². The fraction of sp³-hybridized carbons (Fsp3) is 0.227. The molecule has 1 spiro atoms. The van der Waals surface area contributed by atoms with E-state index in [0.29, 0.717) is 17.1 Å². The Morgan fingerprint density at radius 1 is 1.21 bits per heavy atom. The Kier molecular flexibility index (Phi) is 3.90. The lowest BCUT2D eigenvalue weighted by atomic mass is 9.79. The molecular formula is C22H18ClFN4O. The summed E-state index contributed by atoms with van der Waals surface area (Å²) in [6.07, 6.45) is 6.86. The lowest BCUT2D eigenvalue weighted by molar-refractivity contribution is 0.101. The summed E-state index contributed by atoms with van der Waals surface area (Å²) < 4.78 is 15.2. The van der Waals surface area contributed by atoms with Gasteiger partial charge in [0.15, 0.2) is 5.78 Å². The van der Waals surface area contributed by atoms with Gasteiger partial charge in [-0.3, -0.25) is 9.78 Å². The molecule has 146 valence electrons. The van der Waals surface area contributed by atoms with E-state index in [1.165, 1.54) is 24.1 Å². The average Bonchev–Trinajstić information content (AvgIpc) is 3.23. The molecule has 2 aromatic heterocycles. The van der Waals surface area contributed by atoms with Gasteiger partial charge in [-0.05, 0) is 49.1 Å². The van der Waals surface area contributed by atoms with Crippen LogP contribution in [-0.4, -0.2) is 22.3 Å². The van der Waals surface area contributed by atoms with Gasteiger partial charge in [-0.15, -0.1) is 0 Å². The summed E-state index contributed by atoms with van der Waals surface area (Å²) in [4.78, 5) is 20.6. The van der Waals surface area contributed by atoms with E-state index in [-0.39, 0.29) is 22.2 Å². The number of carbonyl (C=O) groups excluding carboxylic acids is 1. The fourth-order valence-electron chi connectivity index (χ4n) is 4.67. The maximum Gasteiger partial charge on any atom is 0.164 e. The van der Waals surface area contributed by atoms with E-state index in [4.69, 9.17) is 17.3 Å². The van der Waals surface area contributed by atoms with E-state index < -0.39 is 11.6 Å². The predicted molar refractivity (Wildman–Crippen MR) is 111 cm³/mol. The molecule has 1 aromatic carbocycles. The average molecular weight is 409 g/mol. The second-order valence-electron chi connectivity index (χ2n) is 7.79. The van der Waals surface area contributed by atoms with Gasteiger partial charge in [0, 0.05) is 52.9 Å². The molecule has 3 N–H and O–H groups in total. The van der Waals surface area contributed by atoms with Crippen LogP contribution in [0.15, 0.2) is 36.8 Å². The van der Waals surface area contributed by atoms with Crippen LogP contribution in [0.25, 0.3) is 11.1 Å². The molecule has 2 aliphatic rings. The minimum absolute atomic E-state index is 0.112. The fourth-order valence-corrected chi connectivity index (χ4v) is 5.11. The minimum Gasteiger partial charge on any atom is -0.398 e. The molecule has 0 saturated heterocycles. The summed E-state index contributed by atoms with van der Waals surface area (Å²) in [6, 6.07) is 5.12. The highest BCUT2D eigenvalue weighted by Gasteiger charge is 2.46. The van der Waals surface area contributed by atoms with Gasteiger partial charge in [0.1, 0.15) is 11.6 Å². The highest BCUT2D eigenvalue weighted by molar-refractivity contribution is 6.34. The lowest BCUT2D eigenvalue weighted by Crippen LogP contribution is -2.29. The van der Waals surface area contributed by atoms with Crippen LogP contribution in [0.3, 0.4) is 0 Å². The van der Waals surface area contributed by atoms with Crippen molar-refractivity contribution in [1.82, 2.24) is 9.97 Å². The molecule has 29 heavy (non-hydrogen) atoms. The summed E-state index contributed by atoms with van der Waals surface area (Å²) >= 11 is 6.87. The van der Waals surface area contributed by atoms with Crippen LogP contribution >= 0.6 is 11.6 Å². The van der Waals surface area contributed by atoms with Crippen molar-refractivity contribution in [3.63, 3.8) is 0 Å². The van der Waals surface area contributed by atoms with Crippen molar-refractivity contribution < 1.29 is 9.18 Å². The number of nitrogens with one attached hydrogen (secondary N) is 1. The second-order valence-corrected chi connectivity index (χ2v) is 8.17. The van der Waals surface area contributed by atoms with E-state index >= 15 is 4.39 Å². The molecule has 7 heteroatoms. The zero-order valence-electron chi connectivity index (χ0n) is 15.7. The van der Waals surface area contributed by atoms with Crippen molar-refractivity contribution in [2.75, 3.05) is 17.6 Å². The van der Waals surface area contributed by atoms with Crippen molar-refractivity contribution in [2.45, 2.75) is 25.2 Å². The summed E-state index contributed by atoms with van der Waals surface area (Å²) in [5.41, 5.74) is 9.59. The van der Waals surface area contributed by atoms with E-state index in [1.54, 1.807) is 18.5 Å². The van der Waals surface area contributed by atoms with Gasteiger partial charge < -0.3 is 11.1 Å². The topological polar surface area (TPSA) is 80.9 Å². The first kappa shape index (κ1) is 18.1. The van der Waals surface area contributed by atoms with E-state index in [0.717, 1.165) is 24.2 Å². The Labute approximate surface area is 172 Å². The van der Waals surface area contributed by atoms with Gasteiger partial charge in [0.05, 0.1) is 10.6 Å². The van der Waals surface area contributed by atoms with Crippen LogP contribution in [0.2, 0.25) is 5.02 Å². The van der Waals surface area contributed by atoms with E-state index in [9.17, 15) is 4.79 Å². The quantitative estimate of drug-likeness (QED) is 0.491. The summed E-state index contributed by atoms with van der Waals surface area (Å²) in [7, 11) is 0. The number of carbonyl (C=O) groups is 1. The number of nitrogens with zero attached hydrogens (tertiary/aromatic N) is 2. The highest BCUT2D eigenvalue weighted by Crippen LogP contribution is 2.50. The largest absolute Gasteiger partial charge is 0.398 e. The van der Waals surface area contributed by atoms with Gasteiger partial charge in [0.2, 0.25) is 0 Å². The minimum atomic E-state index is -0.667. The van der Waals surface area contributed by atoms with Gasteiger partial charge in [0.25, 0.3) is 0 Å². The smallest absolute Gasteiger partial charge is 0.164 e. The number of hydrogen-bond acceptors (Lipinski definition) is 5. The first-order valence-corrected chi connectivity index (χ1v) is 9.73. The van der Waals surface area contributed by atoms with Crippen LogP contribution in [0.4, 0.5) is 15.9 Å². The van der Waals surface area contributed by atoms with Crippen LogP contribution in [0.1, 0.15) is 34.0 Å². The molecule has 5 rings (SSSR count). The van der Waals surface area contributed by atoms with Crippen LogP contribution < -0.4 is 11.1 Å². The number of rotatable bonds is 2. The Morgan fingerprint density at radius 3 is 2.76 bits per heavy atom. The third-order valence-electron chi connectivity index (χ3n) is 6.02. The van der Waals surface area contributed by atoms with Crippen molar-refractivity contribution in [3.05, 3.63) is 69.9 Å². The number of Topliss-reactive ketones (excluding diaryl/α,β-unsaturated/α-hetero) is 1. The number of hydrogen-bond donors (Lipinski definition) is 2. The van der Waals surface area contributed by atoms with Crippen LogP contribution in [0, 0.1) is 5.82 Å². The van der Waals surface area contributed by atoms with Crippen molar-refractivity contribution in [1.29, 1.82) is 0 Å². The molecule has 1 aliphatic heterocycles. The first-order chi connectivity index (χ1) is 13.9. The second kappa shape index (κ2) is 6.26. The maximum absolute atomic E-state index is 15.2. The monoisotopic (exact) mass is 408 g/mol. The lowest BCUT2D eigenvalue weighted by Gasteiger charge is -2.24. The number of nitrogen functional groups attached to an aromatic ring is 1. The van der Waals surface area contributed by atoms with Crippen LogP contribution in [0.5, 0.6) is 0 Å². The molecule has 1 unspecified atom stereocenters. The normalized spacial score (nSPS) is 19.1. The van der Waals surface area contributed by atoms with E-state index in [2.05, 4.69) is 15.3 Å². The molecule has 5 nitrogen and oxygen atoms in total. The van der Waals surface area contributed by atoms with Gasteiger partial charge >= 0.3 is 0 Å². The molecule has 3 aromatic rings. The number of pyridine rings is 2. The summed E-state index contributed by atoms with van der Waals surface area (Å²) in [5.74, 6) is -0.369. The number of ketones is 1. The van der Waals surface area contributed by atoms with Crippen LogP contribution in [-0.2, 0) is 18.3 Å². The Balaban J connectivity index is 1.68. The molecule has 0 saturated carbocycles. The molecule has 0 amide bonds. The van der Waals surface area contributed by atoms with Crippen molar-refractivity contribution >= 4 is 28.9 Å². The Morgan fingerprint density at radius 2 is 2.00 bits per heavy atom. The SMILES string of the molecule is CC(=O)c1c(N)ccc(-c2cnc3c(c2Cl)C2(CN3)Cc3ccncc3C2)c1F. The number of halogens is 2. The summed E-state index contributed by atoms with van der Waals surface area (Å²) in [6.45, 7) is 2.00. The maximum atomic E-state index is 15.2. The predicted octanol–water partition coefficient (Wildman–Crippen LogP) is 4.18. The van der Waals surface area contributed by atoms with Crippen molar-refractivity contribution in [3.8, 4) is 11.1 Å². The number of nitrogens with two attached hydrogens (primary N) is 1. The summed E-state index contributed by atoms with van der Waals surface area (Å²) in [5, 5.41) is 3.81. The van der Waals surface area contributed by atoms with Gasteiger partial charge in [-0.25, -0.2) is 9.37 Å². The number of anilines is 2. The number of benzene rings is 1. The molecular weight excluding hydrogens is 391 g/mol. The first-order valence-electron chi connectivity index (χ1n) is 9.35. The molecule has 3 heterocycles. The zero-order chi connectivity index (χ0) is 20.3. The molecule has 0 bridgehead atoms. The standard InChI is InChI=1S/C22H18ClFN4O/c1-11(29)17-16(25)3-2-14(20(17)24)15-9-27-21-18(19(15)23)22(10-28-21)6-12-4-5-26-8-13(12)7-22/h2-5,8-9H,6-7,10,25H2,1H3,(H,27,28). The zero-order valence-corrected chi connectivity index (χ0v) is 16.5. The third-order valence-corrected chi connectivity index (χ3v) is 6.41. The molecule has 0 radical (unpaired) electrons. The Hall–Kier alpha value is -2.99. The molecule has 0 fully saturated rings. The number of aromatic nitrogens is 2. The third kappa shape index (κ3) is 2.55. The highest BCUT2D eigenvalue weighted by atomic mass is 35.5. The van der Waals surface area contributed by atoms with Gasteiger partial charge in [-0.2, -0.15) is 0 Å².